The van der Waals surface area contributed by atoms with Crippen LogP contribution in [-0.4, -0.2) is 35.8 Å². The molecule has 1 fully saturated rings. The van der Waals surface area contributed by atoms with Crippen LogP contribution in [0, 0.1) is 5.92 Å². The van der Waals surface area contributed by atoms with Crippen LogP contribution in [-0.2, 0) is 25.5 Å². The number of hydrogen-bond donors (Lipinski definition) is 0. The first kappa shape index (κ1) is 18.9. The molecule has 1 aromatic carbocycles. The van der Waals surface area contributed by atoms with Gasteiger partial charge < -0.3 is 4.74 Å². The van der Waals surface area contributed by atoms with E-state index in [0.717, 1.165) is 12.8 Å². The van der Waals surface area contributed by atoms with Gasteiger partial charge >= 0.3 is 5.97 Å². The summed E-state index contributed by atoms with van der Waals surface area (Å²) < 4.78 is 5.19. The van der Waals surface area contributed by atoms with Crippen LogP contribution in [0.1, 0.15) is 37.7 Å². The summed E-state index contributed by atoms with van der Waals surface area (Å²) in [5.74, 6) is -0.750. The Morgan fingerprint density at radius 2 is 2.00 bits per heavy atom. The topological polar surface area (TPSA) is 63.7 Å². The molecule has 0 bridgehead atoms. The Labute approximate surface area is 148 Å². The van der Waals surface area contributed by atoms with E-state index in [9.17, 15) is 14.4 Å². The normalized spacial score (nSPS) is 16.2. The van der Waals surface area contributed by atoms with Crippen molar-refractivity contribution in [2.45, 2.75) is 38.5 Å². The third-order valence-electron chi connectivity index (χ3n) is 4.30. The molecule has 0 N–H and O–H groups in total. The second-order valence-electron chi connectivity index (χ2n) is 6.22. The number of hydrogen-bond acceptors (Lipinski definition) is 4. The minimum atomic E-state index is -0.235. The number of rotatable bonds is 10. The number of likely N-dealkylation sites (tertiary alicyclic amines) is 1. The highest BCUT2D eigenvalue weighted by Gasteiger charge is 2.39. The van der Waals surface area contributed by atoms with Gasteiger partial charge in [0.1, 0.15) is 0 Å². The lowest BCUT2D eigenvalue weighted by molar-refractivity contribution is -0.160. The van der Waals surface area contributed by atoms with E-state index in [-0.39, 0.29) is 30.3 Å². The molecule has 0 aliphatic carbocycles. The average Bonchev–Trinajstić information content (AvgIpc) is 2.62. The maximum absolute atomic E-state index is 11.9. The lowest BCUT2D eigenvalue weighted by Crippen LogP contribution is -2.55. The lowest BCUT2D eigenvalue weighted by Gasteiger charge is -2.36. The predicted octanol–water partition coefficient (Wildman–Crippen LogP) is 2.89. The van der Waals surface area contributed by atoms with Crippen LogP contribution < -0.4 is 0 Å². The number of β-lactam (4-membered cyclic amide) rings is 1. The van der Waals surface area contributed by atoms with Gasteiger partial charge in [-0.05, 0) is 31.2 Å². The summed E-state index contributed by atoms with van der Waals surface area (Å²) in [5.41, 5.74) is 1.21. The van der Waals surface area contributed by atoms with Crippen molar-refractivity contribution in [2.75, 3.05) is 13.2 Å². The van der Waals surface area contributed by atoms with E-state index in [1.165, 1.54) is 10.5 Å². The molecular weight excluding hydrogens is 318 g/mol. The van der Waals surface area contributed by atoms with Gasteiger partial charge in [-0.15, -0.1) is 6.58 Å². The maximum atomic E-state index is 11.9. The number of nitrogens with zero attached hydrogens (tertiary/aromatic N) is 1. The van der Waals surface area contributed by atoms with Crippen molar-refractivity contribution in [1.29, 1.82) is 0 Å². The molecule has 0 spiro atoms. The smallest absolute Gasteiger partial charge is 0.305 e. The molecule has 5 nitrogen and oxygen atoms in total. The molecule has 1 aliphatic rings. The van der Waals surface area contributed by atoms with Gasteiger partial charge in [0.15, 0.2) is 0 Å². The van der Waals surface area contributed by atoms with Crippen molar-refractivity contribution in [3.63, 3.8) is 0 Å². The van der Waals surface area contributed by atoms with Crippen molar-refractivity contribution in [3.05, 3.63) is 48.6 Å². The monoisotopic (exact) mass is 343 g/mol. The number of esters is 1. The Bertz CT molecular complexity index is 611. The van der Waals surface area contributed by atoms with Crippen molar-refractivity contribution >= 4 is 17.8 Å². The highest BCUT2D eigenvalue weighted by Crippen LogP contribution is 2.22. The summed E-state index contributed by atoms with van der Waals surface area (Å²) in [4.78, 5) is 36.6. The Hall–Kier alpha value is -2.43. The molecule has 2 rings (SSSR count). The molecule has 0 aromatic heterocycles. The van der Waals surface area contributed by atoms with Crippen molar-refractivity contribution in [3.8, 4) is 0 Å². The van der Waals surface area contributed by atoms with E-state index in [4.69, 9.17) is 4.74 Å². The number of ether oxygens (including phenoxy) is 1. The van der Waals surface area contributed by atoms with E-state index in [2.05, 4.69) is 6.58 Å². The fourth-order valence-corrected chi connectivity index (χ4v) is 2.77. The molecular formula is C20H25NO4. The highest BCUT2D eigenvalue weighted by molar-refractivity contribution is 6.00. The summed E-state index contributed by atoms with van der Waals surface area (Å²) in [6, 6.07) is 10.0. The van der Waals surface area contributed by atoms with Crippen LogP contribution in [0.3, 0.4) is 0 Å². The van der Waals surface area contributed by atoms with Crippen LogP contribution in [0.4, 0.5) is 0 Å². The summed E-state index contributed by atoms with van der Waals surface area (Å²) in [5, 5.41) is 0. The minimum absolute atomic E-state index is 0.154. The number of benzene rings is 1. The van der Waals surface area contributed by atoms with Gasteiger partial charge in [0, 0.05) is 19.4 Å². The van der Waals surface area contributed by atoms with Gasteiger partial charge in [-0.1, -0.05) is 36.4 Å². The molecule has 0 saturated carbocycles. The van der Waals surface area contributed by atoms with Gasteiger partial charge in [-0.25, -0.2) is 0 Å². The van der Waals surface area contributed by atoms with Crippen LogP contribution >= 0.6 is 0 Å². The quantitative estimate of drug-likeness (QED) is 0.372. The Kier molecular flexibility index (Phi) is 7.38. The molecule has 0 unspecified atom stereocenters. The molecule has 1 aliphatic heterocycles. The first-order valence-electron chi connectivity index (χ1n) is 8.76. The minimum Gasteiger partial charge on any atom is -0.466 e. The number of allylic oxidation sites excluding steroid dienone is 1. The molecule has 1 aromatic rings. The van der Waals surface area contributed by atoms with E-state index >= 15 is 0 Å². The number of amides is 2. The summed E-state index contributed by atoms with van der Waals surface area (Å²) in [6.45, 7) is 4.22. The van der Waals surface area contributed by atoms with Gasteiger partial charge in [-0.2, -0.15) is 0 Å². The van der Waals surface area contributed by atoms with E-state index in [0.29, 0.717) is 32.2 Å². The van der Waals surface area contributed by atoms with Gasteiger partial charge in [0.25, 0.3) is 0 Å². The third kappa shape index (κ3) is 5.85. The molecule has 1 saturated heterocycles. The highest BCUT2D eigenvalue weighted by atomic mass is 16.5. The van der Waals surface area contributed by atoms with E-state index < -0.39 is 0 Å². The van der Waals surface area contributed by atoms with E-state index in [1.807, 2.05) is 30.3 Å². The first-order valence-corrected chi connectivity index (χ1v) is 8.76. The Morgan fingerprint density at radius 1 is 1.24 bits per heavy atom. The average molecular weight is 343 g/mol. The van der Waals surface area contributed by atoms with E-state index in [1.54, 1.807) is 6.08 Å². The Morgan fingerprint density at radius 3 is 2.68 bits per heavy atom. The zero-order chi connectivity index (χ0) is 18.1. The van der Waals surface area contributed by atoms with Gasteiger partial charge in [-0.3, -0.25) is 19.3 Å². The van der Waals surface area contributed by atoms with Crippen LogP contribution in [0.5, 0.6) is 0 Å². The fourth-order valence-electron chi connectivity index (χ4n) is 2.77. The predicted molar refractivity (Wildman–Crippen MR) is 94.6 cm³/mol. The standard InChI is InChI=1S/C20H25NO4/c1-2-3-11-18(22)21-15-17(20(21)24)13-14-25-19(23)12-7-10-16-8-5-4-6-9-16/h2,4-6,8-9,17H,1,3,7,10-15H2/t17-/m0/s1. The SMILES string of the molecule is C=CCCC(=O)N1C[C@H](CCOC(=O)CCCc2ccccc2)C1=O. The largest absolute Gasteiger partial charge is 0.466 e. The number of carbonyl (C=O) groups excluding carboxylic acids is 3. The zero-order valence-electron chi connectivity index (χ0n) is 14.5. The second kappa shape index (κ2) is 9.77. The lowest BCUT2D eigenvalue weighted by atomic mass is 9.95. The molecule has 134 valence electrons. The van der Waals surface area contributed by atoms with Crippen molar-refractivity contribution in [1.82, 2.24) is 4.90 Å². The number of aryl methyl sites for hydroxylation is 1. The van der Waals surface area contributed by atoms with Gasteiger partial charge in [0.2, 0.25) is 11.8 Å². The molecule has 2 amide bonds. The van der Waals surface area contributed by atoms with Crippen molar-refractivity contribution in [2.24, 2.45) is 5.92 Å². The number of carbonyl (C=O) groups is 3. The van der Waals surface area contributed by atoms with Gasteiger partial charge in [0.05, 0.1) is 12.5 Å². The molecule has 25 heavy (non-hydrogen) atoms. The van der Waals surface area contributed by atoms with Crippen LogP contribution in [0.25, 0.3) is 0 Å². The van der Waals surface area contributed by atoms with Crippen LogP contribution in [0.15, 0.2) is 43.0 Å². The maximum Gasteiger partial charge on any atom is 0.305 e. The summed E-state index contributed by atoms with van der Waals surface area (Å²) in [6.07, 6.45) is 5.01. The molecule has 5 heteroatoms. The first-order chi connectivity index (χ1) is 12.1. The zero-order valence-corrected chi connectivity index (χ0v) is 14.5. The molecule has 1 heterocycles. The Balaban J connectivity index is 1.55. The third-order valence-corrected chi connectivity index (χ3v) is 4.30. The second-order valence-corrected chi connectivity index (χ2v) is 6.22. The summed E-state index contributed by atoms with van der Waals surface area (Å²) in [7, 11) is 0. The van der Waals surface area contributed by atoms with Crippen LogP contribution in [0.2, 0.25) is 0 Å². The fraction of sp³-hybridized carbons (Fsp3) is 0.450. The number of imide groups is 1. The van der Waals surface area contributed by atoms with Crippen molar-refractivity contribution < 1.29 is 19.1 Å². The summed E-state index contributed by atoms with van der Waals surface area (Å²) >= 11 is 0. The molecule has 1 atom stereocenters. The molecule has 0 radical (unpaired) electrons.